The lowest BCUT2D eigenvalue weighted by Gasteiger charge is -2.15. The maximum atomic E-state index is 6.08. The molecule has 27 heavy (non-hydrogen) atoms. The summed E-state index contributed by atoms with van der Waals surface area (Å²) >= 11 is 6.08. The molecule has 0 aliphatic heterocycles. The van der Waals surface area contributed by atoms with Crippen LogP contribution in [0.15, 0.2) is 66.7 Å². The minimum atomic E-state index is 0.368. The number of halogens is 1. The third kappa shape index (κ3) is 3.85. The first-order valence-corrected chi connectivity index (χ1v) is 9.77. The third-order valence-electron chi connectivity index (χ3n) is 5.26. The van der Waals surface area contributed by atoms with Crippen LogP contribution in [0.25, 0.3) is 5.69 Å². The number of hydrogen-bond acceptors (Lipinski definition) is 2. The fourth-order valence-corrected chi connectivity index (χ4v) is 4.19. The van der Waals surface area contributed by atoms with Gasteiger partial charge in [0.15, 0.2) is 0 Å². The summed E-state index contributed by atoms with van der Waals surface area (Å²) in [5.74, 6) is 0.402. The summed E-state index contributed by atoms with van der Waals surface area (Å²) in [4.78, 5) is 0. The summed E-state index contributed by atoms with van der Waals surface area (Å²) in [5.41, 5.74) is 6.01. The van der Waals surface area contributed by atoms with Gasteiger partial charge >= 0.3 is 0 Å². The number of benzene rings is 2. The number of nitrogens with zero attached hydrogens (tertiary/aromatic N) is 2. The van der Waals surface area contributed by atoms with Crippen molar-refractivity contribution in [3.8, 4) is 5.69 Å². The van der Waals surface area contributed by atoms with Crippen molar-refractivity contribution < 1.29 is 0 Å². The van der Waals surface area contributed by atoms with Gasteiger partial charge in [-0.3, -0.25) is 0 Å². The molecule has 1 aliphatic carbocycles. The van der Waals surface area contributed by atoms with E-state index in [0.717, 1.165) is 29.4 Å². The zero-order valence-corrected chi connectivity index (χ0v) is 16.4. The van der Waals surface area contributed by atoms with Gasteiger partial charge < -0.3 is 5.32 Å². The fourth-order valence-electron chi connectivity index (χ4n) is 3.97. The molecule has 0 spiro atoms. The number of aryl methyl sites for hydroxylation is 1. The number of hydrogen-bond donors (Lipinski definition) is 1. The Bertz CT molecular complexity index is 959. The van der Waals surface area contributed by atoms with E-state index in [1.165, 1.54) is 16.8 Å². The van der Waals surface area contributed by atoms with Gasteiger partial charge in [0.25, 0.3) is 0 Å². The average Bonchev–Trinajstić information content (AvgIpc) is 3.25. The largest absolute Gasteiger partial charge is 0.306 e. The van der Waals surface area contributed by atoms with Crippen molar-refractivity contribution in [3.63, 3.8) is 0 Å². The van der Waals surface area contributed by atoms with E-state index in [1.54, 1.807) is 0 Å². The van der Waals surface area contributed by atoms with E-state index in [0.29, 0.717) is 12.0 Å². The number of allylic oxidation sites excluding steroid dienone is 1. The van der Waals surface area contributed by atoms with Crippen LogP contribution in [0.5, 0.6) is 0 Å². The van der Waals surface area contributed by atoms with Crippen LogP contribution in [0.3, 0.4) is 0 Å². The van der Waals surface area contributed by atoms with E-state index in [9.17, 15) is 0 Å². The Hall–Kier alpha value is -2.36. The molecule has 1 N–H and O–H groups in total. The predicted molar refractivity (Wildman–Crippen MR) is 112 cm³/mol. The van der Waals surface area contributed by atoms with Crippen LogP contribution in [0.1, 0.15) is 34.9 Å². The van der Waals surface area contributed by atoms with Crippen molar-refractivity contribution in [2.24, 2.45) is 0 Å². The average molecular weight is 378 g/mol. The van der Waals surface area contributed by atoms with Crippen molar-refractivity contribution in [3.05, 3.63) is 94.3 Å². The molecule has 1 aromatic heterocycles. The van der Waals surface area contributed by atoms with Gasteiger partial charge in [-0.2, -0.15) is 5.10 Å². The van der Waals surface area contributed by atoms with Crippen LogP contribution in [0, 0.1) is 13.8 Å². The highest BCUT2D eigenvalue weighted by atomic mass is 35.5. The van der Waals surface area contributed by atoms with Gasteiger partial charge in [0.1, 0.15) is 0 Å². The van der Waals surface area contributed by atoms with E-state index in [4.69, 9.17) is 16.7 Å². The van der Waals surface area contributed by atoms with Gasteiger partial charge in [0.2, 0.25) is 0 Å². The van der Waals surface area contributed by atoms with Crippen molar-refractivity contribution in [1.82, 2.24) is 15.1 Å². The van der Waals surface area contributed by atoms with Crippen molar-refractivity contribution in [2.75, 3.05) is 0 Å². The molecule has 0 saturated heterocycles. The molecule has 1 aliphatic rings. The molecule has 2 aromatic carbocycles. The van der Waals surface area contributed by atoms with Crippen LogP contribution in [-0.4, -0.2) is 15.8 Å². The Kier molecular flexibility index (Phi) is 5.15. The molecule has 0 fully saturated rings. The van der Waals surface area contributed by atoms with E-state index in [1.807, 2.05) is 24.3 Å². The molecular formula is C23H24ClN3. The van der Waals surface area contributed by atoms with E-state index >= 15 is 0 Å². The van der Waals surface area contributed by atoms with E-state index in [2.05, 4.69) is 66.3 Å². The standard InChI is InChI=1S/C23H24ClN3/c1-16-23(17(2)27(26-16)22-9-4-3-5-10-22)19-11-12-21(14-19)25-15-18-7-6-8-20(24)13-18/h3-13,19,21,25H,14-15H2,1-2H3/t19-,21-/m1/s1. The Morgan fingerprint density at radius 1 is 1.07 bits per heavy atom. The van der Waals surface area contributed by atoms with Gasteiger partial charge in [-0.15, -0.1) is 0 Å². The van der Waals surface area contributed by atoms with E-state index < -0.39 is 0 Å². The second-order valence-electron chi connectivity index (χ2n) is 7.18. The first-order valence-electron chi connectivity index (χ1n) is 9.39. The highest BCUT2D eigenvalue weighted by molar-refractivity contribution is 6.30. The van der Waals surface area contributed by atoms with Crippen LogP contribution < -0.4 is 5.32 Å². The van der Waals surface area contributed by atoms with Gasteiger partial charge in [0.05, 0.1) is 11.4 Å². The molecule has 0 saturated carbocycles. The quantitative estimate of drug-likeness (QED) is 0.608. The molecule has 1 heterocycles. The lowest BCUT2D eigenvalue weighted by Crippen LogP contribution is -2.25. The number of nitrogens with one attached hydrogen (secondary N) is 1. The zero-order valence-electron chi connectivity index (χ0n) is 15.7. The fraction of sp³-hybridized carbons (Fsp3) is 0.261. The molecule has 2 atom stereocenters. The minimum absolute atomic E-state index is 0.368. The highest BCUT2D eigenvalue weighted by Gasteiger charge is 2.25. The molecule has 0 bridgehead atoms. The van der Waals surface area contributed by atoms with Gasteiger partial charge in [-0.25, -0.2) is 4.68 Å². The molecule has 0 amide bonds. The Balaban J connectivity index is 1.46. The minimum Gasteiger partial charge on any atom is -0.306 e. The molecule has 138 valence electrons. The van der Waals surface area contributed by atoms with Crippen LogP contribution in [-0.2, 0) is 6.54 Å². The maximum absolute atomic E-state index is 6.08. The first kappa shape index (κ1) is 18.0. The summed E-state index contributed by atoms with van der Waals surface area (Å²) in [6.07, 6.45) is 5.67. The predicted octanol–water partition coefficient (Wildman–Crippen LogP) is 5.34. The summed E-state index contributed by atoms with van der Waals surface area (Å²) in [5, 5.41) is 9.22. The smallest absolute Gasteiger partial charge is 0.0648 e. The third-order valence-corrected chi connectivity index (χ3v) is 5.49. The second-order valence-corrected chi connectivity index (χ2v) is 7.61. The Labute approximate surface area is 165 Å². The highest BCUT2D eigenvalue weighted by Crippen LogP contribution is 2.34. The monoisotopic (exact) mass is 377 g/mol. The summed E-state index contributed by atoms with van der Waals surface area (Å²) in [6.45, 7) is 5.11. The molecule has 4 rings (SSSR count). The van der Waals surface area contributed by atoms with Crippen LogP contribution in [0.2, 0.25) is 5.02 Å². The Morgan fingerprint density at radius 3 is 2.67 bits per heavy atom. The van der Waals surface area contributed by atoms with Gasteiger partial charge in [-0.05, 0) is 50.1 Å². The van der Waals surface area contributed by atoms with Crippen molar-refractivity contribution >= 4 is 11.6 Å². The molecule has 3 aromatic rings. The van der Waals surface area contributed by atoms with Crippen LogP contribution >= 0.6 is 11.6 Å². The normalized spacial score (nSPS) is 18.9. The van der Waals surface area contributed by atoms with E-state index in [-0.39, 0.29) is 0 Å². The second kappa shape index (κ2) is 7.71. The Morgan fingerprint density at radius 2 is 1.89 bits per heavy atom. The lowest BCUT2D eigenvalue weighted by atomic mass is 9.96. The van der Waals surface area contributed by atoms with Crippen molar-refractivity contribution in [1.29, 1.82) is 0 Å². The van der Waals surface area contributed by atoms with Gasteiger partial charge in [-0.1, -0.05) is 54.1 Å². The molecule has 0 radical (unpaired) electrons. The summed E-state index contributed by atoms with van der Waals surface area (Å²) in [7, 11) is 0. The number of rotatable bonds is 5. The molecule has 4 heteroatoms. The molecule has 0 unspecified atom stereocenters. The molecule has 3 nitrogen and oxygen atoms in total. The van der Waals surface area contributed by atoms with Crippen molar-refractivity contribution in [2.45, 2.75) is 38.8 Å². The molecular weight excluding hydrogens is 354 g/mol. The summed E-state index contributed by atoms with van der Waals surface area (Å²) < 4.78 is 2.06. The summed E-state index contributed by atoms with van der Waals surface area (Å²) in [6, 6.07) is 18.7. The lowest BCUT2D eigenvalue weighted by molar-refractivity contribution is 0.559. The number of aromatic nitrogens is 2. The maximum Gasteiger partial charge on any atom is 0.0648 e. The van der Waals surface area contributed by atoms with Gasteiger partial charge in [0, 0.05) is 34.8 Å². The SMILES string of the molecule is Cc1nn(-c2ccccc2)c(C)c1[C@@H]1C=C[C@@H](NCc2cccc(Cl)c2)C1. The zero-order chi connectivity index (χ0) is 18.8. The van der Waals surface area contributed by atoms with Crippen LogP contribution in [0.4, 0.5) is 0 Å². The number of para-hydroxylation sites is 1. The first-order chi connectivity index (χ1) is 13.1. The topological polar surface area (TPSA) is 29.9 Å².